The average molecular weight is 718 g/mol. The molecule has 10 rings (SSSR count). The molecule has 0 aliphatic rings. The molecule has 2 heteroatoms. The Bertz CT molecular complexity index is 2990. The van der Waals surface area contributed by atoms with E-state index in [-0.39, 0.29) is 12.1 Å². The highest BCUT2D eigenvalue weighted by Gasteiger charge is 2.16. The summed E-state index contributed by atoms with van der Waals surface area (Å²) in [5, 5.41) is 1.82. The summed E-state index contributed by atoms with van der Waals surface area (Å²) >= 11 is 0. The van der Waals surface area contributed by atoms with Crippen LogP contribution in [-0.4, -0.2) is 4.57 Å². The van der Waals surface area contributed by atoms with E-state index in [0.717, 1.165) is 77.9 Å². The van der Waals surface area contributed by atoms with Crippen molar-refractivity contribution >= 4 is 38.9 Å². The predicted molar refractivity (Wildman–Crippen MR) is 237 cm³/mol. The quantitative estimate of drug-likeness (QED) is 0.152. The third kappa shape index (κ3) is 6.24. The Hall–Kier alpha value is -7.42. The molecule has 0 amide bonds. The molecule has 264 valence electrons. The Labute approximate surface area is 332 Å². The minimum atomic E-state index is 0.165. The lowest BCUT2D eigenvalue weighted by molar-refractivity contribution is 1.18. The lowest BCUT2D eigenvalue weighted by atomic mass is 10.0. The predicted octanol–water partition coefficient (Wildman–Crippen LogP) is 14.9. The number of rotatable bonds is 8. The van der Waals surface area contributed by atoms with E-state index in [0.29, 0.717) is 6.04 Å². The molecule has 2 nitrogen and oxygen atoms in total. The molecule has 0 spiro atoms. The second-order valence-corrected chi connectivity index (χ2v) is 14.0. The van der Waals surface area contributed by atoms with E-state index in [4.69, 9.17) is 2.74 Å². The van der Waals surface area contributed by atoms with Crippen molar-refractivity contribution in [2.45, 2.75) is 0 Å². The summed E-state index contributed by atoms with van der Waals surface area (Å²) < 4.78 is 28.6. The summed E-state index contributed by atoms with van der Waals surface area (Å²) in [7, 11) is 0. The maximum atomic E-state index is 9.35. The van der Waals surface area contributed by atoms with Gasteiger partial charge in [-0.15, -0.1) is 0 Å². The smallest absolute Gasteiger partial charge is 0.0630 e. The van der Waals surface area contributed by atoms with Gasteiger partial charge >= 0.3 is 0 Å². The minimum absolute atomic E-state index is 0.165. The molecule has 0 unspecified atom stereocenters. The molecule has 0 radical (unpaired) electrons. The number of aromatic nitrogens is 1. The van der Waals surface area contributed by atoms with Crippen molar-refractivity contribution in [3.8, 4) is 50.2 Å². The van der Waals surface area contributed by atoms with Crippen LogP contribution in [0.25, 0.3) is 72.0 Å². The zero-order valence-corrected chi connectivity index (χ0v) is 30.6. The highest BCUT2D eigenvalue weighted by atomic mass is 15.1. The standard InChI is InChI=1S/C54H38N2/c1-4-12-39(13-5-1)42-20-29-47(30-21-42)55(48-31-22-43(23-32-48)40-14-6-2-7-15-40)49-33-26-45(27-34-49)46-28-37-54-52(38-46)51-18-10-11-19-53(51)56(54)50-35-24-44(25-36-50)41-16-8-3-9-17-41/h1-38H/i10D,11D,28D. The molecule has 0 fully saturated rings. The van der Waals surface area contributed by atoms with Crippen molar-refractivity contribution in [3.05, 3.63) is 230 Å². The van der Waals surface area contributed by atoms with Gasteiger partial charge in [0.2, 0.25) is 0 Å². The normalized spacial score (nSPS) is 12.0. The molecule has 1 heterocycles. The fourth-order valence-electron chi connectivity index (χ4n) is 7.77. The van der Waals surface area contributed by atoms with Gasteiger partial charge in [0.1, 0.15) is 0 Å². The number of anilines is 3. The van der Waals surface area contributed by atoms with E-state index in [1.54, 1.807) is 12.1 Å². The highest BCUT2D eigenvalue weighted by molar-refractivity contribution is 6.10. The van der Waals surface area contributed by atoms with Gasteiger partial charge in [0.25, 0.3) is 0 Å². The monoisotopic (exact) mass is 717 g/mol. The Kier molecular flexibility index (Phi) is 7.72. The van der Waals surface area contributed by atoms with Gasteiger partial charge in [0.15, 0.2) is 0 Å². The summed E-state index contributed by atoms with van der Waals surface area (Å²) in [6.45, 7) is 0. The zero-order valence-electron chi connectivity index (χ0n) is 33.6. The molecule has 0 saturated heterocycles. The van der Waals surface area contributed by atoms with Crippen molar-refractivity contribution in [2.75, 3.05) is 4.90 Å². The van der Waals surface area contributed by atoms with Crippen LogP contribution in [0.5, 0.6) is 0 Å². The summed E-state index contributed by atoms with van der Waals surface area (Å²) in [5.74, 6) is 0. The van der Waals surface area contributed by atoms with Crippen LogP contribution in [0.3, 0.4) is 0 Å². The molecule has 9 aromatic carbocycles. The van der Waals surface area contributed by atoms with Crippen LogP contribution in [-0.2, 0) is 0 Å². The second kappa shape index (κ2) is 14.4. The van der Waals surface area contributed by atoms with E-state index >= 15 is 0 Å². The number of nitrogens with zero attached hydrogens (tertiary/aromatic N) is 2. The number of benzene rings is 9. The van der Waals surface area contributed by atoms with Crippen LogP contribution in [0, 0.1) is 0 Å². The van der Waals surface area contributed by atoms with E-state index in [2.05, 4.69) is 173 Å². The van der Waals surface area contributed by atoms with Crippen LogP contribution in [0.4, 0.5) is 17.1 Å². The van der Waals surface area contributed by atoms with E-state index in [1.807, 2.05) is 36.4 Å². The van der Waals surface area contributed by atoms with Crippen molar-refractivity contribution in [3.63, 3.8) is 0 Å². The summed E-state index contributed by atoms with van der Waals surface area (Å²) in [4.78, 5) is 2.27. The maximum Gasteiger partial charge on any atom is 0.0630 e. The number of fused-ring (bicyclic) bond motifs is 3. The molecule has 10 aromatic rings. The van der Waals surface area contributed by atoms with Gasteiger partial charge < -0.3 is 9.47 Å². The summed E-state index contributed by atoms with van der Waals surface area (Å²) in [6.07, 6.45) is 0. The molecule has 1 aromatic heterocycles. The molecule has 0 saturated carbocycles. The number of hydrogen-bond donors (Lipinski definition) is 0. The fourth-order valence-corrected chi connectivity index (χ4v) is 7.77. The first-order valence-electron chi connectivity index (χ1n) is 20.4. The van der Waals surface area contributed by atoms with Gasteiger partial charge in [-0.05, 0) is 111 Å². The van der Waals surface area contributed by atoms with Gasteiger partial charge in [0.05, 0.1) is 15.1 Å². The Morgan fingerprint density at radius 1 is 0.321 bits per heavy atom. The number of hydrogen-bond acceptors (Lipinski definition) is 1. The van der Waals surface area contributed by atoms with Crippen LogP contribution in [0.2, 0.25) is 0 Å². The van der Waals surface area contributed by atoms with Crippen LogP contribution in [0.15, 0.2) is 230 Å². The Morgan fingerprint density at radius 2 is 0.696 bits per heavy atom. The van der Waals surface area contributed by atoms with Crippen molar-refractivity contribution in [1.29, 1.82) is 0 Å². The molecule has 0 atom stereocenters. The highest BCUT2D eigenvalue weighted by Crippen LogP contribution is 2.39. The lowest BCUT2D eigenvalue weighted by Crippen LogP contribution is -2.09. The van der Waals surface area contributed by atoms with Crippen LogP contribution < -0.4 is 4.90 Å². The van der Waals surface area contributed by atoms with E-state index in [9.17, 15) is 1.37 Å². The first kappa shape index (κ1) is 30.0. The third-order valence-electron chi connectivity index (χ3n) is 10.6. The van der Waals surface area contributed by atoms with E-state index < -0.39 is 0 Å². The van der Waals surface area contributed by atoms with E-state index in [1.165, 1.54) is 11.1 Å². The molecule has 0 aliphatic carbocycles. The summed E-state index contributed by atoms with van der Waals surface area (Å²) in [5.41, 5.74) is 14.4. The lowest BCUT2D eigenvalue weighted by Gasteiger charge is -2.26. The zero-order chi connectivity index (χ0) is 39.9. The molecule has 0 N–H and O–H groups in total. The van der Waals surface area contributed by atoms with Crippen LogP contribution >= 0.6 is 0 Å². The van der Waals surface area contributed by atoms with Gasteiger partial charge in [0, 0.05) is 33.5 Å². The molecular weight excluding hydrogens is 677 g/mol. The Morgan fingerprint density at radius 3 is 1.16 bits per heavy atom. The van der Waals surface area contributed by atoms with Gasteiger partial charge in [-0.2, -0.15) is 0 Å². The minimum Gasteiger partial charge on any atom is -0.311 e. The van der Waals surface area contributed by atoms with Crippen molar-refractivity contribution in [1.82, 2.24) is 4.57 Å². The molecular formula is C54H38N2. The first-order valence-corrected chi connectivity index (χ1v) is 18.9. The Balaban J connectivity index is 1.05. The second-order valence-electron chi connectivity index (χ2n) is 14.0. The van der Waals surface area contributed by atoms with Gasteiger partial charge in [-0.3, -0.25) is 0 Å². The summed E-state index contributed by atoms with van der Waals surface area (Å²) in [6, 6.07) is 73.7. The maximum absolute atomic E-state index is 9.35. The van der Waals surface area contributed by atoms with Gasteiger partial charge in [-0.1, -0.05) is 164 Å². The SMILES string of the molecule is [2H]c1cc2c3cc(-c4ccc(N(c5ccc(-c6ccccc6)cc5)c5ccc(-c6ccccc6)cc5)cc4)c([2H])cc3n(-c3ccc(-c4ccccc4)cc3)c2cc1[2H]. The van der Waals surface area contributed by atoms with Crippen LogP contribution in [0.1, 0.15) is 4.11 Å². The first-order chi connectivity index (χ1) is 29.0. The third-order valence-corrected chi connectivity index (χ3v) is 10.6. The van der Waals surface area contributed by atoms with Crippen molar-refractivity contribution in [2.24, 2.45) is 0 Å². The van der Waals surface area contributed by atoms with Crippen molar-refractivity contribution < 1.29 is 4.11 Å². The van der Waals surface area contributed by atoms with Gasteiger partial charge in [-0.25, -0.2) is 0 Å². The largest absolute Gasteiger partial charge is 0.311 e. The number of para-hydroxylation sites is 1. The molecule has 0 bridgehead atoms. The molecule has 0 aliphatic heterocycles. The topological polar surface area (TPSA) is 8.17 Å². The molecule has 56 heavy (non-hydrogen) atoms. The average Bonchev–Trinajstić information content (AvgIpc) is 3.59. The fraction of sp³-hybridized carbons (Fsp3) is 0.